The van der Waals surface area contributed by atoms with Crippen LogP contribution < -0.4 is 10.6 Å². The molecule has 2 N–H and O–H groups in total. The first-order valence-electron chi connectivity index (χ1n) is 7.88. The van der Waals surface area contributed by atoms with E-state index in [1.807, 2.05) is 31.2 Å². The summed E-state index contributed by atoms with van der Waals surface area (Å²) in [6.07, 6.45) is 2.87. The minimum atomic E-state index is -0.624. The topological polar surface area (TPSA) is 101 Å². The number of ether oxygens (including phenoxy) is 1. The summed E-state index contributed by atoms with van der Waals surface area (Å²) < 4.78 is 6.37. The summed E-state index contributed by atoms with van der Waals surface area (Å²) in [5, 5.41) is 9.24. The van der Waals surface area contributed by atoms with Crippen molar-refractivity contribution in [2.24, 2.45) is 0 Å². The van der Waals surface area contributed by atoms with Crippen molar-refractivity contribution in [1.82, 2.24) is 4.57 Å². The van der Waals surface area contributed by atoms with Gasteiger partial charge in [0, 0.05) is 24.8 Å². The number of methoxy groups -OCH3 is 1. The van der Waals surface area contributed by atoms with Crippen molar-refractivity contribution in [2.45, 2.75) is 19.8 Å². The van der Waals surface area contributed by atoms with E-state index < -0.39 is 5.97 Å². The number of nitrogens with zero attached hydrogens (tertiary/aromatic N) is 3. The maximum atomic E-state index is 12.2. The highest BCUT2D eigenvalue weighted by atomic mass is 16.5. The molecule has 0 atom stereocenters. The van der Waals surface area contributed by atoms with Crippen LogP contribution in [-0.2, 0) is 9.53 Å². The average Bonchev–Trinajstić information content (AvgIpc) is 3.18. The van der Waals surface area contributed by atoms with Crippen molar-refractivity contribution < 1.29 is 14.3 Å². The molecule has 0 saturated carbocycles. The number of anilines is 2. The van der Waals surface area contributed by atoms with Gasteiger partial charge in [0.15, 0.2) is 5.69 Å². The van der Waals surface area contributed by atoms with E-state index in [2.05, 4.69) is 0 Å². The summed E-state index contributed by atoms with van der Waals surface area (Å²) in [7, 11) is 1.26. The van der Waals surface area contributed by atoms with E-state index in [1.54, 1.807) is 9.47 Å². The third-order valence-corrected chi connectivity index (χ3v) is 4.38. The lowest BCUT2D eigenvalue weighted by Gasteiger charge is -2.19. The molecule has 1 fully saturated rings. The van der Waals surface area contributed by atoms with Gasteiger partial charge in [-0.3, -0.25) is 4.79 Å². The van der Waals surface area contributed by atoms with Crippen molar-refractivity contribution in [2.75, 3.05) is 24.3 Å². The van der Waals surface area contributed by atoms with Gasteiger partial charge in [-0.15, -0.1) is 0 Å². The number of carbonyl (C=O) groups is 2. The van der Waals surface area contributed by atoms with Gasteiger partial charge in [0.1, 0.15) is 6.07 Å². The van der Waals surface area contributed by atoms with Crippen LogP contribution in [0, 0.1) is 18.3 Å². The molecule has 1 amide bonds. The number of aromatic nitrogens is 1. The molecule has 3 rings (SSSR count). The lowest BCUT2D eigenvalue weighted by atomic mass is 10.1. The van der Waals surface area contributed by atoms with E-state index in [4.69, 9.17) is 10.5 Å². The molecule has 25 heavy (non-hydrogen) atoms. The Kier molecular flexibility index (Phi) is 4.19. The average molecular weight is 338 g/mol. The number of hydrogen-bond acceptors (Lipinski definition) is 5. The van der Waals surface area contributed by atoms with Gasteiger partial charge in [-0.05, 0) is 31.0 Å². The van der Waals surface area contributed by atoms with Crippen LogP contribution >= 0.6 is 0 Å². The van der Waals surface area contributed by atoms with Gasteiger partial charge in [-0.2, -0.15) is 5.26 Å². The monoisotopic (exact) mass is 338 g/mol. The van der Waals surface area contributed by atoms with Gasteiger partial charge < -0.3 is 19.9 Å². The predicted octanol–water partition coefficient (Wildman–Crippen LogP) is 2.15. The van der Waals surface area contributed by atoms with Crippen molar-refractivity contribution in [3.05, 3.63) is 41.2 Å². The molecule has 1 aliphatic rings. The summed E-state index contributed by atoms with van der Waals surface area (Å²) in [6.45, 7) is 2.55. The number of benzene rings is 1. The molecule has 0 bridgehead atoms. The Morgan fingerprint density at radius 2 is 2.16 bits per heavy atom. The highest BCUT2D eigenvalue weighted by Crippen LogP contribution is 2.30. The largest absolute Gasteiger partial charge is 0.464 e. The van der Waals surface area contributed by atoms with E-state index in [-0.39, 0.29) is 22.9 Å². The lowest BCUT2D eigenvalue weighted by molar-refractivity contribution is -0.117. The van der Waals surface area contributed by atoms with Crippen molar-refractivity contribution in [1.29, 1.82) is 5.26 Å². The standard InChI is InChI=1S/C18H18N4O3/c1-11-5-6-13(21-7-3-4-15(21)23)8-14(11)22-10-12(9-19)16(20)17(22)18(24)25-2/h5-6,8,10H,3-4,7,20H2,1-2H3. The first-order valence-corrected chi connectivity index (χ1v) is 7.88. The zero-order valence-electron chi connectivity index (χ0n) is 14.1. The van der Waals surface area contributed by atoms with Crippen LogP contribution in [0.4, 0.5) is 11.4 Å². The summed E-state index contributed by atoms with van der Waals surface area (Å²) in [5.74, 6) is -0.547. The van der Waals surface area contributed by atoms with Crippen molar-refractivity contribution in [3.63, 3.8) is 0 Å². The molecule has 7 nitrogen and oxygen atoms in total. The van der Waals surface area contributed by atoms with Crippen LogP contribution in [0.5, 0.6) is 0 Å². The van der Waals surface area contributed by atoms with Crippen LogP contribution in [-0.4, -0.2) is 30.1 Å². The molecule has 0 spiro atoms. The number of hydrogen-bond donors (Lipinski definition) is 1. The molecule has 1 aromatic heterocycles. The number of nitriles is 1. The van der Waals surface area contributed by atoms with Crippen LogP contribution in [0.2, 0.25) is 0 Å². The van der Waals surface area contributed by atoms with Crippen LogP contribution in [0.25, 0.3) is 5.69 Å². The molecular weight excluding hydrogens is 320 g/mol. The van der Waals surface area contributed by atoms with Gasteiger partial charge in [-0.25, -0.2) is 4.79 Å². The maximum absolute atomic E-state index is 12.2. The normalized spacial score (nSPS) is 13.8. The van der Waals surface area contributed by atoms with Gasteiger partial charge in [0.2, 0.25) is 5.91 Å². The van der Waals surface area contributed by atoms with Gasteiger partial charge >= 0.3 is 5.97 Å². The summed E-state index contributed by atoms with van der Waals surface area (Å²) in [6, 6.07) is 7.56. The van der Waals surface area contributed by atoms with E-state index in [0.29, 0.717) is 18.7 Å². The maximum Gasteiger partial charge on any atom is 0.357 e. The van der Waals surface area contributed by atoms with Gasteiger partial charge in [-0.1, -0.05) is 6.07 Å². The fourth-order valence-corrected chi connectivity index (χ4v) is 3.05. The SMILES string of the molecule is COC(=O)c1c(N)c(C#N)cn1-c1cc(N2CCCC2=O)ccc1C. The molecule has 2 heterocycles. The third kappa shape index (κ3) is 2.72. The molecule has 0 radical (unpaired) electrons. The zero-order valence-corrected chi connectivity index (χ0v) is 14.1. The molecule has 1 aromatic carbocycles. The first-order chi connectivity index (χ1) is 12.0. The van der Waals surface area contributed by atoms with Crippen LogP contribution in [0.15, 0.2) is 24.4 Å². The molecule has 1 aliphatic heterocycles. The Morgan fingerprint density at radius 3 is 2.76 bits per heavy atom. The summed E-state index contributed by atoms with van der Waals surface area (Å²) in [5.41, 5.74) is 8.63. The number of amides is 1. The first kappa shape index (κ1) is 16.6. The van der Waals surface area contributed by atoms with Gasteiger partial charge in [0.25, 0.3) is 0 Å². The molecular formula is C18H18N4O3. The molecule has 0 aliphatic carbocycles. The minimum absolute atomic E-state index is 0.0766. The third-order valence-electron chi connectivity index (χ3n) is 4.38. The molecule has 128 valence electrons. The van der Waals surface area contributed by atoms with E-state index in [9.17, 15) is 14.9 Å². The molecule has 2 aromatic rings. The fraction of sp³-hybridized carbons (Fsp3) is 0.278. The Balaban J connectivity index is 2.18. The molecule has 1 saturated heterocycles. The van der Waals surface area contributed by atoms with Gasteiger partial charge in [0.05, 0.1) is 24.0 Å². The highest BCUT2D eigenvalue weighted by Gasteiger charge is 2.25. The zero-order chi connectivity index (χ0) is 18.1. The number of aryl methyl sites for hydroxylation is 1. The quantitative estimate of drug-likeness (QED) is 0.864. The Hall–Kier alpha value is -3.27. The van der Waals surface area contributed by atoms with Crippen molar-refractivity contribution >= 4 is 23.3 Å². The summed E-state index contributed by atoms with van der Waals surface area (Å²) >= 11 is 0. The Bertz CT molecular complexity index is 908. The molecule has 0 unspecified atom stereocenters. The second-order valence-electron chi connectivity index (χ2n) is 5.90. The lowest BCUT2D eigenvalue weighted by Crippen LogP contribution is -2.24. The van der Waals surface area contributed by atoms with Crippen LogP contribution in [0.1, 0.15) is 34.5 Å². The smallest absolute Gasteiger partial charge is 0.357 e. The Labute approximate surface area is 145 Å². The fourth-order valence-electron chi connectivity index (χ4n) is 3.05. The molecule has 7 heteroatoms. The predicted molar refractivity (Wildman–Crippen MR) is 92.6 cm³/mol. The van der Waals surface area contributed by atoms with E-state index in [1.165, 1.54) is 13.3 Å². The van der Waals surface area contributed by atoms with E-state index >= 15 is 0 Å². The number of nitrogens with two attached hydrogens (primary N) is 1. The highest BCUT2D eigenvalue weighted by molar-refractivity contribution is 5.97. The number of esters is 1. The Morgan fingerprint density at radius 1 is 1.40 bits per heavy atom. The van der Waals surface area contributed by atoms with E-state index in [0.717, 1.165) is 17.7 Å². The second kappa shape index (κ2) is 6.32. The second-order valence-corrected chi connectivity index (χ2v) is 5.90. The minimum Gasteiger partial charge on any atom is -0.464 e. The number of carbonyl (C=O) groups excluding carboxylic acids is 2. The van der Waals surface area contributed by atoms with Crippen LogP contribution in [0.3, 0.4) is 0 Å². The number of nitrogen functional groups attached to an aromatic ring is 1. The number of rotatable bonds is 3. The summed E-state index contributed by atoms with van der Waals surface area (Å²) in [4.78, 5) is 25.9. The van der Waals surface area contributed by atoms with Crippen molar-refractivity contribution in [3.8, 4) is 11.8 Å².